The molecule has 2 aromatic rings. The topological polar surface area (TPSA) is 20.3 Å². The van der Waals surface area contributed by atoms with Crippen molar-refractivity contribution in [2.24, 2.45) is 0 Å². The van der Waals surface area contributed by atoms with Crippen LogP contribution in [0.1, 0.15) is 12.0 Å². The van der Waals surface area contributed by atoms with Gasteiger partial charge in [0.25, 0.3) is 0 Å². The number of carbonyl (C=O) groups excluding carboxylic acids is 1. The zero-order valence-corrected chi connectivity index (χ0v) is 12.3. The molecule has 7 heteroatoms. The summed E-state index contributed by atoms with van der Waals surface area (Å²) in [5, 5.41) is 0. The van der Waals surface area contributed by atoms with Gasteiger partial charge in [-0.05, 0) is 41.8 Å². The average molecular weight is 341 g/mol. The molecule has 2 aromatic carbocycles. The number of alkyl halides is 3. The summed E-state index contributed by atoms with van der Waals surface area (Å²) in [5.41, 5.74) is 1.28. The Kier molecular flexibility index (Phi) is 4.03. The summed E-state index contributed by atoms with van der Waals surface area (Å²) in [6.07, 6.45) is -4.27. The Morgan fingerprint density at radius 2 is 1.75 bits per heavy atom. The van der Waals surface area contributed by atoms with E-state index in [0.717, 1.165) is 12.1 Å². The Balaban J connectivity index is 2.01. The van der Waals surface area contributed by atoms with Crippen LogP contribution in [0.2, 0.25) is 0 Å². The molecule has 0 aromatic heterocycles. The Morgan fingerprint density at radius 1 is 1.00 bits per heavy atom. The average Bonchev–Trinajstić information content (AvgIpc) is 2.49. The first kappa shape index (κ1) is 16.4. The molecule has 126 valence electrons. The highest BCUT2D eigenvalue weighted by Crippen LogP contribution is 2.34. The summed E-state index contributed by atoms with van der Waals surface area (Å²) in [6, 6.07) is 7.47. The van der Waals surface area contributed by atoms with Gasteiger partial charge in [-0.2, -0.15) is 13.2 Å². The smallest absolute Gasteiger partial charge is 0.303 e. The third-order valence-corrected chi connectivity index (χ3v) is 3.86. The van der Waals surface area contributed by atoms with Gasteiger partial charge in [0, 0.05) is 23.7 Å². The molecule has 1 heterocycles. The number of aryl methyl sites for hydroxylation is 1. The van der Waals surface area contributed by atoms with Crippen molar-refractivity contribution < 1.29 is 26.7 Å². The third kappa shape index (κ3) is 3.25. The van der Waals surface area contributed by atoms with Gasteiger partial charge in [-0.3, -0.25) is 4.79 Å². The van der Waals surface area contributed by atoms with Crippen molar-refractivity contribution in [3.8, 4) is 11.1 Å². The Hall–Kier alpha value is -2.44. The Bertz CT molecular complexity index is 800. The Morgan fingerprint density at radius 3 is 2.42 bits per heavy atom. The third-order valence-electron chi connectivity index (χ3n) is 3.86. The maximum Gasteiger partial charge on any atom is 0.406 e. The number of benzene rings is 2. The molecule has 0 N–H and O–H groups in total. The summed E-state index contributed by atoms with van der Waals surface area (Å²) in [7, 11) is 0. The number of rotatable bonds is 2. The lowest BCUT2D eigenvalue weighted by atomic mass is 9.95. The highest BCUT2D eigenvalue weighted by atomic mass is 19.4. The fraction of sp³-hybridized carbons (Fsp3) is 0.235. The zero-order valence-electron chi connectivity index (χ0n) is 12.3. The first-order valence-corrected chi connectivity index (χ1v) is 7.20. The van der Waals surface area contributed by atoms with E-state index in [1.165, 1.54) is 18.2 Å². The van der Waals surface area contributed by atoms with Crippen LogP contribution in [0.3, 0.4) is 0 Å². The monoisotopic (exact) mass is 341 g/mol. The van der Waals surface area contributed by atoms with Gasteiger partial charge in [-0.25, -0.2) is 8.78 Å². The standard InChI is InChI=1S/C17H12F5NO/c18-12-3-4-13(14(19)8-12)10-1-5-15-11(7-10)2-6-16(24)23(15)9-17(20,21)22/h1,3-5,7-8H,2,6,9H2. The van der Waals surface area contributed by atoms with E-state index in [-0.39, 0.29) is 24.1 Å². The second-order valence-corrected chi connectivity index (χ2v) is 5.56. The second-order valence-electron chi connectivity index (χ2n) is 5.56. The predicted molar refractivity (Wildman–Crippen MR) is 78.5 cm³/mol. The van der Waals surface area contributed by atoms with Crippen molar-refractivity contribution >= 4 is 11.6 Å². The normalized spacial score (nSPS) is 14.7. The molecule has 0 aliphatic carbocycles. The van der Waals surface area contributed by atoms with Gasteiger partial charge in [-0.1, -0.05) is 6.07 Å². The summed E-state index contributed by atoms with van der Waals surface area (Å²) in [4.78, 5) is 12.5. The molecule has 1 aliphatic rings. The zero-order chi connectivity index (χ0) is 17.5. The van der Waals surface area contributed by atoms with Crippen molar-refractivity contribution in [3.63, 3.8) is 0 Å². The minimum absolute atomic E-state index is 0.0432. The van der Waals surface area contributed by atoms with Crippen LogP contribution in [0.4, 0.5) is 27.6 Å². The number of nitrogens with zero attached hydrogens (tertiary/aromatic N) is 1. The molecule has 0 saturated heterocycles. The van der Waals surface area contributed by atoms with E-state index < -0.39 is 30.3 Å². The first-order valence-electron chi connectivity index (χ1n) is 7.20. The van der Waals surface area contributed by atoms with Gasteiger partial charge in [0.2, 0.25) is 5.91 Å². The maximum absolute atomic E-state index is 13.9. The van der Waals surface area contributed by atoms with Gasteiger partial charge in [-0.15, -0.1) is 0 Å². The molecule has 0 bridgehead atoms. The van der Waals surface area contributed by atoms with Gasteiger partial charge in [0.15, 0.2) is 0 Å². The van der Waals surface area contributed by atoms with E-state index in [4.69, 9.17) is 0 Å². The minimum atomic E-state index is -4.51. The summed E-state index contributed by atoms with van der Waals surface area (Å²) >= 11 is 0. The van der Waals surface area contributed by atoms with Crippen LogP contribution < -0.4 is 4.90 Å². The van der Waals surface area contributed by atoms with E-state index in [0.29, 0.717) is 16.0 Å². The molecule has 0 saturated carbocycles. The molecular formula is C17H12F5NO. The number of anilines is 1. The molecule has 1 aliphatic heterocycles. The summed E-state index contributed by atoms with van der Waals surface area (Å²) < 4.78 is 64.9. The number of hydrogen-bond acceptors (Lipinski definition) is 1. The SMILES string of the molecule is O=C1CCc2cc(-c3ccc(F)cc3F)ccc2N1CC(F)(F)F. The van der Waals surface area contributed by atoms with Crippen LogP contribution in [-0.2, 0) is 11.2 Å². The molecule has 0 fully saturated rings. The molecule has 0 unspecified atom stereocenters. The second kappa shape index (κ2) is 5.89. The van der Waals surface area contributed by atoms with Crippen LogP contribution in [0.15, 0.2) is 36.4 Å². The summed E-state index contributed by atoms with van der Waals surface area (Å²) in [5.74, 6) is -2.06. The molecule has 3 rings (SSSR count). The fourth-order valence-electron chi connectivity index (χ4n) is 2.80. The van der Waals surface area contributed by atoms with Crippen LogP contribution in [0.25, 0.3) is 11.1 Å². The van der Waals surface area contributed by atoms with Gasteiger partial charge in [0.05, 0.1) is 0 Å². The van der Waals surface area contributed by atoms with Crippen molar-refractivity contribution in [2.45, 2.75) is 19.0 Å². The van der Waals surface area contributed by atoms with Gasteiger partial charge in [0.1, 0.15) is 18.2 Å². The lowest BCUT2D eigenvalue weighted by Crippen LogP contribution is -2.41. The predicted octanol–water partition coefficient (Wildman–Crippen LogP) is 4.47. The van der Waals surface area contributed by atoms with Gasteiger partial charge >= 0.3 is 6.18 Å². The molecule has 2 nitrogen and oxygen atoms in total. The van der Waals surface area contributed by atoms with E-state index >= 15 is 0 Å². The molecular weight excluding hydrogens is 329 g/mol. The largest absolute Gasteiger partial charge is 0.406 e. The minimum Gasteiger partial charge on any atom is -0.303 e. The van der Waals surface area contributed by atoms with Crippen molar-refractivity contribution in [2.75, 3.05) is 11.4 Å². The number of amides is 1. The summed E-state index contributed by atoms with van der Waals surface area (Å²) in [6.45, 7) is -1.36. The van der Waals surface area contributed by atoms with E-state index in [9.17, 15) is 26.7 Å². The highest BCUT2D eigenvalue weighted by molar-refractivity contribution is 5.97. The number of fused-ring (bicyclic) bond motifs is 1. The maximum atomic E-state index is 13.9. The lowest BCUT2D eigenvalue weighted by Gasteiger charge is -2.30. The molecule has 0 atom stereocenters. The van der Waals surface area contributed by atoms with Crippen LogP contribution in [0.5, 0.6) is 0 Å². The highest BCUT2D eigenvalue weighted by Gasteiger charge is 2.36. The molecule has 24 heavy (non-hydrogen) atoms. The molecule has 0 radical (unpaired) electrons. The number of halogens is 5. The molecule has 1 amide bonds. The Labute approximate surface area is 134 Å². The van der Waals surface area contributed by atoms with Crippen molar-refractivity contribution in [3.05, 3.63) is 53.6 Å². The van der Waals surface area contributed by atoms with Crippen molar-refractivity contribution in [1.82, 2.24) is 0 Å². The number of hydrogen-bond donors (Lipinski definition) is 0. The van der Waals surface area contributed by atoms with E-state index in [2.05, 4.69) is 0 Å². The fourth-order valence-corrected chi connectivity index (χ4v) is 2.80. The van der Waals surface area contributed by atoms with Crippen LogP contribution >= 0.6 is 0 Å². The van der Waals surface area contributed by atoms with Crippen LogP contribution in [0, 0.1) is 11.6 Å². The van der Waals surface area contributed by atoms with Gasteiger partial charge < -0.3 is 4.90 Å². The lowest BCUT2D eigenvalue weighted by molar-refractivity contribution is -0.132. The van der Waals surface area contributed by atoms with E-state index in [1.54, 1.807) is 6.07 Å². The molecule has 0 spiro atoms. The van der Waals surface area contributed by atoms with E-state index in [1.807, 2.05) is 0 Å². The first-order chi connectivity index (χ1) is 11.2. The number of carbonyl (C=O) groups is 1. The quantitative estimate of drug-likeness (QED) is 0.738. The van der Waals surface area contributed by atoms with Crippen molar-refractivity contribution in [1.29, 1.82) is 0 Å². The van der Waals surface area contributed by atoms with Crippen LogP contribution in [-0.4, -0.2) is 18.6 Å².